The van der Waals surface area contributed by atoms with Crippen LogP contribution in [0.15, 0.2) is 36.5 Å². The fourth-order valence-electron chi connectivity index (χ4n) is 2.19. The molecule has 24 heavy (non-hydrogen) atoms. The lowest BCUT2D eigenvalue weighted by Crippen LogP contribution is -2.41. The van der Waals surface area contributed by atoms with Crippen molar-refractivity contribution in [3.05, 3.63) is 52.0 Å². The molecule has 1 heterocycles. The topological polar surface area (TPSA) is 34.1 Å². The van der Waals surface area contributed by atoms with E-state index in [4.69, 9.17) is 4.43 Å². The number of nitrogens with zero attached hydrogens (tertiary/aromatic N) is 1. The minimum absolute atomic E-state index is 0.0683. The maximum absolute atomic E-state index is 6.44. The van der Waals surface area contributed by atoms with E-state index in [0.29, 0.717) is 0 Å². The molecule has 0 aliphatic heterocycles. The maximum atomic E-state index is 6.44. The molecular formula is C19H30N2OSSi. The zero-order chi connectivity index (χ0) is 17.8. The van der Waals surface area contributed by atoms with Gasteiger partial charge in [-0.1, -0.05) is 51.1 Å². The number of benzene rings is 1. The Morgan fingerprint density at radius 2 is 1.83 bits per heavy atom. The van der Waals surface area contributed by atoms with E-state index in [2.05, 4.69) is 75.4 Å². The van der Waals surface area contributed by atoms with Crippen LogP contribution in [-0.4, -0.2) is 13.3 Å². The van der Waals surface area contributed by atoms with Gasteiger partial charge in [0, 0.05) is 24.2 Å². The van der Waals surface area contributed by atoms with Crippen LogP contribution in [0.5, 0.6) is 0 Å². The predicted molar refractivity (Wildman–Crippen MR) is 106 cm³/mol. The largest absolute Gasteiger partial charge is 0.408 e. The molecule has 0 spiro atoms. The summed E-state index contributed by atoms with van der Waals surface area (Å²) >= 11 is 1.75. The molecule has 1 N–H and O–H groups in total. The quantitative estimate of drug-likeness (QED) is 0.659. The van der Waals surface area contributed by atoms with Gasteiger partial charge in [0.2, 0.25) is 0 Å². The van der Waals surface area contributed by atoms with Crippen molar-refractivity contribution in [2.24, 2.45) is 0 Å². The van der Waals surface area contributed by atoms with Crippen LogP contribution < -0.4 is 5.32 Å². The second kappa shape index (κ2) is 7.91. The van der Waals surface area contributed by atoms with E-state index in [-0.39, 0.29) is 11.1 Å². The van der Waals surface area contributed by atoms with Crippen LogP contribution in [0.1, 0.15) is 49.2 Å². The highest BCUT2D eigenvalue weighted by atomic mass is 32.1. The summed E-state index contributed by atoms with van der Waals surface area (Å²) in [6.07, 6.45) is 2.04. The van der Waals surface area contributed by atoms with Crippen molar-refractivity contribution in [2.75, 3.05) is 0 Å². The summed E-state index contributed by atoms with van der Waals surface area (Å²) in [5, 5.41) is 4.78. The molecule has 0 aliphatic carbocycles. The van der Waals surface area contributed by atoms with Crippen LogP contribution in [0.25, 0.3) is 0 Å². The van der Waals surface area contributed by atoms with Crippen LogP contribution in [-0.2, 0) is 17.5 Å². The van der Waals surface area contributed by atoms with E-state index in [1.807, 2.05) is 12.3 Å². The Balaban J connectivity index is 1.88. The summed E-state index contributed by atoms with van der Waals surface area (Å²) in [7, 11) is -1.76. The summed E-state index contributed by atoms with van der Waals surface area (Å²) in [6.45, 7) is 15.2. The molecule has 2 rings (SSSR count). The number of hydrogen-bond acceptors (Lipinski definition) is 4. The molecule has 0 amide bonds. The third-order valence-electron chi connectivity index (χ3n) is 4.67. The Morgan fingerprint density at radius 1 is 1.17 bits per heavy atom. The van der Waals surface area contributed by atoms with E-state index in [9.17, 15) is 0 Å². The molecule has 0 saturated carbocycles. The number of hydrogen-bond donors (Lipinski definition) is 1. The molecule has 3 nitrogen and oxygen atoms in total. The van der Waals surface area contributed by atoms with Crippen molar-refractivity contribution in [3.8, 4) is 0 Å². The van der Waals surface area contributed by atoms with Gasteiger partial charge in [-0.15, -0.1) is 11.3 Å². The first-order chi connectivity index (χ1) is 11.2. The van der Waals surface area contributed by atoms with E-state index >= 15 is 0 Å². The van der Waals surface area contributed by atoms with Gasteiger partial charge in [0.05, 0.1) is 6.10 Å². The molecule has 0 saturated heterocycles. The Hall–Kier alpha value is -1.01. The Labute approximate surface area is 151 Å². The van der Waals surface area contributed by atoms with Gasteiger partial charge >= 0.3 is 0 Å². The van der Waals surface area contributed by atoms with Gasteiger partial charge in [-0.25, -0.2) is 4.98 Å². The third kappa shape index (κ3) is 5.24. The van der Waals surface area contributed by atoms with Crippen LogP contribution in [0.2, 0.25) is 18.1 Å². The fraction of sp³-hybridized carbons (Fsp3) is 0.526. The van der Waals surface area contributed by atoms with E-state index in [1.165, 1.54) is 10.4 Å². The lowest BCUT2D eigenvalue weighted by atomic mass is 10.2. The Bertz CT molecular complexity index is 634. The standard InChI is InChI=1S/C19H30N2OSSi/c1-15(22-24(5,6)19(2,3)4)18-21-14-17(23-18)13-20-12-16-10-8-7-9-11-16/h7-11,14-15,20H,12-13H2,1-6H3/t15-/m1/s1. The third-order valence-corrected chi connectivity index (χ3v) is 10.4. The van der Waals surface area contributed by atoms with Crippen molar-refractivity contribution in [3.63, 3.8) is 0 Å². The fourth-order valence-corrected chi connectivity index (χ4v) is 4.49. The molecule has 0 fully saturated rings. The highest BCUT2D eigenvalue weighted by molar-refractivity contribution is 7.11. The molecule has 0 unspecified atom stereocenters. The zero-order valence-corrected chi connectivity index (χ0v) is 17.5. The van der Waals surface area contributed by atoms with Crippen LogP contribution in [0.3, 0.4) is 0 Å². The first-order valence-corrected chi connectivity index (χ1v) is 12.3. The van der Waals surface area contributed by atoms with Gasteiger partial charge in [-0.3, -0.25) is 0 Å². The van der Waals surface area contributed by atoms with Crippen molar-refractivity contribution in [2.45, 2.75) is 65.0 Å². The van der Waals surface area contributed by atoms with Crippen LogP contribution in [0.4, 0.5) is 0 Å². The summed E-state index contributed by atoms with van der Waals surface area (Å²) in [5.41, 5.74) is 1.30. The molecule has 2 aromatic rings. The first-order valence-electron chi connectivity index (χ1n) is 8.56. The molecule has 1 aromatic carbocycles. The minimum Gasteiger partial charge on any atom is -0.408 e. The molecule has 5 heteroatoms. The second-order valence-electron chi connectivity index (χ2n) is 7.77. The summed E-state index contributed by atoms with van der Waals surface area (Å²) in [5.74, 6) is 0. The Kier molecular flexibility index (Phi) is 6.37. The minimum atomic E-state index is -1.76. The first kappa shape index (κ1) is 19.3. The summed E-state index contributed by atoms with van der Waals surface area (Å²) in [4.78, 5) is 5.84. The zero-order valence-electron chi connectivity index (χ0n) is 15.7. The molecule has 0 aliphatic rings. The monoisotopic (exact) mass is 362 g/mol. The van der Waals surface area contributed by atoms with Crippen LogP contribution >= 0.6 is 11.3 Å². The molecule has 1 aromatic heterocycles. The van der Waals surface area contributed by atoms with Gasteiger partial charge < -0.3 is 9.74 Å². The smallest absolute Gasteiger partial charge is 0.193 e. The highest BCUT2D eigenvalue weighted by Gasteiger charge is 2.39. The molecule has 1 atom stereocenters. The lowest BCUT2D eigenvalue weighted by Gasteiger charge is -2.38. The van der Waals surface area contributed by atoms with Gasteiger partial charge in [-0.05, 0) is 30.6 Å². The molecular weight excluding hydrogens is 332 g/mol. The summed E-state index contributed by atoms with van der Waals surface area (Å²) in [6, 6.07) is 10.5. The van der Waals surface area contributed by atoms with Gasteiger partial charge in [0.25, 0.3) is 0 Å². The number of thiazole rings is 1. The van der Waals surface area contributed by atoms with E-state index < -0.39 is 8.32 Å². The molecule has 0 radical (unpaired) electrons. The highest BCUT2D eigenvalue weighted by Crippen LogP contribution is 2.40. The van der Waals surface area contributed by atoms with Crippen molar-refractivity contribution in [1.29, 1.82) is 0 Å². The number of rotatable bonds is 7. The Morgan fingerprint density at radius 3 is 2.46 bits per heavy atom. The van der Waals surface area contributed by atoms with E-state index in [0.717, 1.165) is 18.1 Å². The number of nitrogens with one attached hydrogen (secondary N) is 1. The predicted octanol–water partition coefficient (Wildman–Crippen LogP) is 5.52. The average Bonchev–Trinajstić information content (AvgIpc) is 2.96. The van der Waals surface area contributed by atoms with E-state index in [1.54, 1.807) is 11.3 Å². The average molecular weight is 363 g/mol. The normalized spacial score (nSPS) is 13.9. The molecule has 0 bridgehead atoms. The number of aromatic nitrogens is 1. The van der Waals surface area contributed by atoms with Crippen LogP contribution in [0, 0.1) is 0 Å². The van der Waals surface area contributed by atoms with Gasteiger partial charge in [-0.2, -0.15) is 0 Å². The summed E-state index contributed by atoms with van der Waals surface area (Å²) < 4.78 is 6.44. The SMILES string of the molecule is C[C@@H](O[Si](C)(C)C(C)(C)C)c1ncc(CNCc2ccccc2)s1. The second-order valence-corrected chi connectivity index (χ2v) is 13.7. The van der Waals surface area contributed by atoms with Crippen molar-refractivity contribution in [1.82, 2.24) is 10.3 Å². The van der Waals surface area contributed by atoms with Crippen molar-refractivity contribution < 1.29 is 4.43 Å². The van der Waals surface area contributed by atoms with Crippen molar-refractivity contribution >= 4 is 19.7 Å². The van der Waals surface area contributed by atoms with Gasteiger partial charge in [0.1, 0.15) is 5.01 Å². The van der Waals surface area contributed by atoms with Gasteiger partial charge in [0.15, 0.2) is 8.32 Å². The maximum Gasteiger partial charge on any atom is 0.193 e. The lowest BCUT2D eigenvalue weighted by molar-refractivity contribution is 0.202. The molecule has 132 valence electrons.